The molecular formula is C11H18O4. The minimum absolute atomic E-state index is 0.0104. The molecule has 0 amide bonds. The molecule has 0 aromatic heterocycles. The van der Waals surface area contributed by atoms with Crippen molar-refractivity contribution in [3.63, 3.8) is 0 Å². The molecule has 0 atom stereocenters. The maximum Gasteiger partial charge on any atom is 0.332 e. The Morgan fingerprint density at radius 3 is 1.67 bits per heavy atom. The Morgan fingerprint density at radius 2 is 1.47 bits per heavy atom. The maximum atomic E-state index is 11.0. The van der Waals surface area contributed by atoms with Crippen molar-refractivity contribution in [3.8, 4) is 0 Å². The van der Waals surface area contributed by atoms with Crippen molar-refractivity contribution in [3.05, 3.63) is 11.1 Å². The Hall–Kier alpha value is -1.32. The lowest BCUT2D eigenvalue weighted by Crippen LogP contribution is -2.17. The Balaban J connectivity index is 5.35. The summed E-state index contributed by atoms with van der Waals surface area (Å²) in [5.41, 5.74) is 0.0312. The molecule has 0 aliphatic rings. The van der Waals surface area contributed by atoms with E-state index in [-0.39, 0.29) is 29.4 Å². The van der Waals surface area contributed by atoms with E-state index in [0.29, 0.717) is 0 Å². The molecule has 0 fully saturated rings. The third-order valence-electron chi connectivity index (χ3n) is 2.00. The van der Waals surface area contributed by atoms with E-state index in [1.54, 1.807) is 13.8 Å². The van der Waals surface area contributed by atoms with Gasteiger partial charge in [0.25, 0.3) is 0 Å². The molecule has 0 aliphatic heterocycles. The third kappa shape index (κ3) is 4.14. The smallest absolute Gasteiger partial charge is 0.332 e. The van der Waals surface area contributed by atoms with Crippen LogP contribution >= 0.6 is 0 Å². The molecule has 86 valence electrons. The summed E-state index contributed by atoms with van der Waals surface area (Å²) in [6, 6.07) is 0. The van der Waals surface area contributed by atoms with Crippen molar-refractivity contribution in [2.24, 2.45) is 11.8 Å². The highest BCUT2D eigenvalue weighted by Gasteiger charge is 2.23. The molecule has 0 saturated heterocycles. The molecule has 0 rings (SSSR count). The highest BCUT2D eigenvalue weighted by atomic mass is 16.4. The predicted octanol–water partition coefficient (Wildman–Crippen LogP) is 2.15. The van der Waals surface area contributed by atoms with Gasteiger partial charge in [-0.3, -0.25) is 0 Å². The quantitative estimate of drug-likeness (QED) is 0.688. The van der Waals surface area contributed by atoms with E-state index in [4.69, 9.17) is 10.2 Å². The van der Waals surface area contributed by atoms with Crippen molar-refractivity contribution in [2.45, 2.75) is 34.1 Å². The Kier molecular flexibility index (Phi) is 5.05. The van der Waals surface area contributed by atoms with E-state index in [1.807, 2.05) is 13.8 Å². The molecule has 0 aliphatic carbocycles. The van der Waals surface area contributed by atoms with Crippen LogP contribution in [-0.2, 0) is 9.59 Å². The van der Waals surface area contributed by atoms with Crippen molar-refractivity contribution in [2.75, 3.05) is 0 Å². The summed E-state index contributed by atoms with van der Waals surface area (Å²) >= 11 is 0. The van der Waals surface area contributed by atoms with E-state index < -0.39 is 11.9 Å². The zero-order valence-corrected chi connectivity index (χ0v) is 9.57. The van der Waals surface area contributed by atoms with Crippen molar-refractivity contribution < 1.29 is 19.8 Å². The molecule has 0 radical (unpaired) electrons. The minimum Gasteiger partial charge on any atom is -0.478 e. The first-order valence-corrected chi connectivity index (χ1v) is 4.97. The molecule has 0 saturated carbocycles. The van der Waals surface area contributed by atoms with Gasteiger partial charge in [0.05, 0.1) is 0 Å². The van der Waals surface area contributed by atoms with Gasteiger partial charge in [0.15, 0.2) is 0 Å². The first-order valence-electron chi connectivity index (χ1n) is 4.97. The average Bonchev–Trinajstić information content (AvgIpc) is 2.00. The normalized spacial score (nSPS) is 12.9. The molecule has 0 bridgehead atoms. The lowest BCUT2D eigenvalue weighted by atomic mass is 9.92. The van der Waals surface area contributed by atoms with Crippen LogP contribution in [0.5, 0.6) is 0 Å². The van der Waals surface area contributed by atoms with Gasteiger partial charge >= 0.3 is 11.9 Å². The first-order chi connectivity index (χ1) is 6.77. The SMILES string of the molecule is CC(C)C/C(C(=O)O)=C(/C(=O)O)C(C)C. The van der Waals surface area contributed by atoms with E-state index in [0.717, 1.165) is 0 Å². The van der Waals surface area contributed by atoms with Crippen LogP contribution in [0.4, 0.5) is 0 Å². The van der Waals surface area contributed by atoms with Gasteiger partial charge < -0.3 is 10.2 Å². The number of hydrogen-bond donors (Lipinski definition) is 2. The van der Waals surface area contributed by atoms with Crippen LogP contribution in [0.15, 0.2) is 11.1 Å². The van der Waals surface area contributed by atoms with E-state index in [9.17, 15) is 9.59 Å². The number of carboxylic acids is 2. The number of carbonyl (C=O) groups is 2. The van der Waals surface area contributed by atoms with Gasteiger partial charge in [0.2, 0.25) is 0 Å². The number of hydrogen-bond acceptors (Lipinski definition) is 2. The Labute approximate surface area is 89.6 Å². The third-order valence-corrected chi connectivity index (χ3v) is 2.00. The van der Waals surface area contributed by atoms with Gasteiger partial charge in [-0.15, -0.1) is 0 Å². The van der Waals surface area contributed by atoms with Crippen molar-refractivity contribution in [1.82, 2.24) is 0 Å². The summed E-state index contributed by atoms with van der Waals surface area (Å²) in [6.07, 6.45) is 0.287. The van der Waals surface area contributed by atoms with Gasteiger partial charge in [0, 0.05) is 11.1 Å². The lowest BCUT2D eigenvalue weighted by molar-refractivity contribution is -0.136. The van der Waals surface area contributed by atoms with Crippen molar-refractivity contribution in [1.29, 1.82) is 0 Å². The van der Waals surface area contributed by atoms with E-state index in [1.165, 1.54) is 0 Å². The van der Waals surface area contributed by atoms with Gasteiger partial charge in [-0.2, -0.15) is 0 Å². The van der Waals surface area contributed by atoms with E-state index >= 15 is 0 Å². The largest absolute Gasteiger partial charge is 0.478 e. The lowest BCUT2D eigenvalue weighted by Gasteiger charge is -2.13. The number of carboxylic acid groups (broad SMARTS) is 2. The standard InChI is InChI=1S/C11H18O4/c1-6(2)5-8(10(12)13)9(7(3)4)11(14)15/h6-7H,5H2,1-4H3,(H,12,13)(H,14,15)/b9-8-. The van der Waals surface area contributed by atoms with Crippen molar-refractivity contribution >= 4 is 11.9 Å². The summed E-state index contributed by atoms with van der Waals surface area (Å²) in [5.74, 6) is -2.42. The molecule has 0 heterocycles. The van der Waals surface area contributed by atoms with Gasteiger partial charge in [0.1, 0.15) is 0 Å². The predicted molar refractivity (Wildman–Crippen MR) is 56.6 cm³/mol. The zero-order chi connectivity index (χ0) is 12.2. The maximum absolute atomic E-state index is 11.0. The Morgan fingerprint density at radius 1 is 1.00 bits per heavy atom. The summed E-state index contributed by atoms with van der Waals surface area (Å²) in [7, 11) is 0. The fraction of sp³-hybridized carbons (Fsp3) is 0.636. The number of rotatable bonds is 5. The Bertz CT molecular complexity index is 287. The second-order valence-electron chi connectivity index (χ2n) is 4.26. The number of aliphatic carboxylic acids is 2. The molecular weight excluding hydrogens is 196 g/mol. The summed E-state index contributed by atoms with van der Waals surface area (Å²) in [5, 5.41) is 17.9. The molecule has 0 unspecified atom stereocenters. The molecule has 4 nitrogen and oxygen atoms in total. The highest BCUT2D eigenvalue weighted by molar-refractivity contribution is 5.99. The van der Waals surface area contributed by atoms with Crippen LogP contribution in [-0.4, -0.2) is 22.2 Å². The van der Waals surface area contributed by atoms with Crippen LogP contribution in [0, 0.1) is 11.8 Å². The molecule has 4 heteroatoms. The topological polar surface area (TPSA) is 74.6 Å². The van der Waals surface area contributed by atoms with E-state index in [2.05, 4.69) is 0 Å². The molecule has 2 N–H and O–H groups in total. The summed E-state index contributed by atoms with van der Waals surface area (Å²) in [6.45, 7) is 7.10. The van der Waals surface area contributed by atoms with Gasteiger partial charge in [-0.1, -0.05) is 27.7 Å². The zero-order valence-electron chi connectivity index (χ0n) is 9.57. The van der Waals surface area contributed by atoms with Gasteiger partial charge in [-0.25, -0.2) is 9.59 Å². The average molecular weight is 214 g/mol. The first kappa shape index (κ1) is 13.7. The summed E-state index contributed by atoms with van der Waals surface area (Å²) in [4.78, 5) is 21.9. The fourth-order valence-corrected chi connectivity index (χ4v) is 1.45. The molecule has 15 heavy (non-hydrogen) atoms. The molecule has 0 aromatic carbocycles. The van der Waals surface area contributed by atoms with Crippen LogP contribution in [0.1, 0.15) is 34.1 Å². The second kappa shape index (κ2) is 5.53. The van der Waals surface area contributed by atoms with Crippen LogP contribution in [0.3, 0.4) is 0 Å². The highest BCUT2D eigenvalue weighted by Crippen LogP contribution is 2.21. The van der Waals surface area contributed by atoms with Gasteiger partial charge in [-0.05, 0) is 18.3 Å². The summed E-state index contributed by atoms with van der Waals surface area (Å²) < 4.78 is 0. The molecule has 0 spiro atoms. The van der Waals surface area contributed by atoms with Crippen LogP contribution in [0.2, 0.25) is 0 Å². The monoisotopic (exact) mass is 214 g/mol. The molecule has 0 aromatic rings. The van der Waals surface area contributed by atoms with Crippen LogP contribution < -0.4 is 0 Å². The van der Waals surface area contributed by atoms with Crippen LogP contribution in [0.25, 0.3) is 0 Å². The minimum atomic E-state index is -1.14. The fourth-order valence-electron chi connectivity index (χ4n) is 1.45. The second-order valence-corrected chi connectivity index (χ2v) is 4.26.